The number of nitrogens with one attached hydrogen (secondary N) is 1. The van der Waals surface area contributed by atoms with Gasteiger partial charge in [0.15, 0.2) is 5.71 Å². The van der Waals surface area contributed by atoms with Gasteiger partial charge in [0.2, 0.25) is 0 Å². The highest BCUT2D eigenvalue weighted by Crippen LogP contribution is 2.18. The number of urea groups is 1. The van der Waals surface area contributed by atoms with Crippen molar-refractivity contribution in [1.82, 2.24) is 5.32 Å². The lowest BCUT2D eigenvalue weighted by Gasteiger charge is -2.21. The summed E-state index contributed by atoms with van der Waals surface area (Å²) < 4.78 is 13.5. The Morgan fingerprint density at radius 2 is 1.87 bits per heavy atom. The number of rotatable bonds is 2. The van der Waals surface area contributed by atoms with Crippen LogP contribution < -0.4 is 5.32 Å². The Hall–Kier alpha value is -2.32. The summed E-state index contributed by atoms with van der Waals surface area (Å²) >= 11 is 0. The molecule has 9 heteroatoms. The van der Waals surface area contributed by atoms with Gasteiger partial charge < -0.3 is 10.2 Å². The molecule has 80 valence electrons. The number of alkyl halides is 1. The van der Waals surface area contributed by atoms with Gasteiger partial charge in [0.1, 0.15) is 0 Å². The van der Waals surface area contributed by atoms with E-state index in [1.54, 1.807) is 0 Å². The van der Waals surface area contributed by atoms with Crippen molar-refractivity contribution in [1.29, 1.82) is 0 Å². The van der Waals surface area contributed by atoms with Gasteiger partial charge in [-0.1, -0.05) is 0 Å². The monoisotopic (exact) mass is 218 g/mol. The van der Waals surface area contributed by atoms with Crippen LogP contribution in [0, 0.1) is 0 Å². The van der Waals surface area contributed by atoms with E-state index in [4.69, 9.17) is 10.2 Å². The molecule has 0 radical (unpaired) electrons. The quantitative estimate of drug-likeness (QED) is 0.485. The first kappa shape index (κ1) is 10.8. The van der Waals surface area contributed by atoms with Crippen LogP contribution in [-0.2, 0) is 14.4 Å². The van der Waals surface area contributed by atoms with Crippen molar-refractivity contribution in [3.8, 4) is 0 Å². The maximum absolute atomic E-state index is 13.5. The maximum Gasteiger partial charge on any atom is 0.358 e. The van der Waals surface area contributed by atoms with Crippen LogP contribution in [0.3, 0.4) is 0 Å². The molecule has 1 atom stereocenters. The second-order valence-corrected chi connectivity index (χ2v) is 2.49. The SMILES string of the molecule is O=C1N=C(C(=O)O)C(F)(C(=O)O)C(=O)N1. The summed E-state index contributed by atoms with van der Waals surface area (Å²) in [5.74, 6) is -6.33. The minimum Gasteiger partial charge on any atom is -0.478 e. The van der Waals surface area contributed by atoms with Crippen molar-refractivity contribution in [3.63, 3.8) is 0 Å². The fourth-order valence-corrected chi connectivity index (χ4v) is 0.891. The van der Waals surface area contributed by atoms with Crippen molar-refractivity contribution in [2.45, 2.75) is 5.67 Å². The minimum atomic E-state index is -3.85. The highest BCUT2D eigenvalue weighted by molar-refractivity contribution is 6.52. The van der Waals surface area contributed by atoms with Crippen molar-refractivity contribution in [3.05, 3.63) is 0 Å². The average Bonchev–Trinajstić information content (AvgIpc) is 2.10. The van der Waals surface area contributed by atoms with Crippen LogP contribution in [0.4, 0.5) is 9.18 Å². The molecule has 3 N–H and O–H groups in total. The Balaban J connectivity index is 3.40. The van der Waals surface area contributed by atoms with E-state index in [0.29, 0.717) is 0 Å². The predicted molar refractivity (Wildman–Crippen MR) is 40.1 cm³/mol. The van der Waals surface area contributed by atoms with E-state index in [1.165, 1.54) is 5.32 Å². The Kier molecular flexibility index (Phi) is 2.23. The molecule has 0 spiro atoms. The number of carboxylic acids is 2. The van der Waals surface area contributed by atoms with Gasteiger partial charge >= 0.3 is 23.6 Å². The summed E-state index contributed by atoms with van der Waals surface area (Å²) in [6.45, 7) is 0. The molecule has 3 amide bonds. The number of hydrogen-bond donors (Lipinski definition) is 3. The highest BCUT2D eigenvalue weighted by Gasteiger charge is 2.58. The standard InChI is InChI=1S/C6H3FN2O6/c7-6(4(13)14)1(2(10)11)8-5(15)9-3(6)12/h(H,10,11)(H,13,14)(H,9,12,15). The Morgan fingerprint density at radius 3 is 2.27 bits per heavy atom. The molecule has 0 fully saturated rings. The van der Waals surface area contributed by atoms with Gasteiger partial charge in [-0.15, -0.1) is 0 Å². The lowest BCUT2D eigenvalue weighted by atomic mass is 9.97. The molecular formula is C6H3FN2O6. The molecule has 1 aliphatic heterocycles. The molecular weight excluding hydrogens is 215 g/mol. The normalized spacial score (nSPS) is 25.5. The Morgan fingerprint density at radius 1 is 1.33 bits per heavy atom. The summed E-state index contributed by atoms with van der Waals surface area (Å²) in [4.78, 5) is 44.8. The Labute approximate surface area is 80.4 Å². The minimum absolute atomic E-state index is 1.25. The van der Waals surface area contributed by atoms with E-state index in [-0.39, 0.29) is 0 Å². The first-order valence-electron chi connectivity index (χ1n) is 3.40. The summed E-state index contributed by atoms with van der Waals surface area (Å²) in [6.07, 6.45) is 0. The molecule has 0 aromatic rings. The third-order valence-electron chi connectivity index (χ3n) is 1.57. The fourth-order valence-electron chi connectivity index (χ4n) is 0.891. The lowest BCUT2D eigenvalue weighted by molar-refractivity contribution is -0.153. The topological polar surface area (TPSA) is 133 Å². The van der Waals surface area contributed by atoms with Crippen LogP contribution in [0.1, 0.15) is 0 Å². The molecule has 0 bridgehead atoms. The smallest absolute Gasteiger partial charge is 0.358 e. The van der Waals surface area contributed by atoms with Crippen LogP contribution in [0.2, 0.25) is 0 Å². The summed E-state index contributed by atoms with van der Waals surface area (Å²) in [7, 11) is 0. The molecule has 1 rings (SSSR count). The van der Waals surface area contributed by atoms with Crippen LogP contribution >= 0.6 is 0 Å². The summed E-state index contributed by atoms with van der Waals surface area (Å²) in [6, 6.07) is -1.42. The number of halogens is 1. The van der Waals surface area contributed by atoms with Crippen LogP contribution in [0.5, 0.6) is 0 Å². The molecule has 0 saturated carbocycles. The van der Waals surface area contributed by atoms with Gasteiger partial charge in [-0.25, -0.2) is 18.8 Å². The number of hydrogen-bond acceptors (Lipinski definition) is 4. The second-order valence-electron chi connectivity index (χ2n) is 2.49. The van der Waals surface area contributed by atoms with Crippen LogP contribution in [-0.4, -0.2) is 45.5 Å². The number of carboxylic acid groups (broad SMARTS) is 2. The Bertz CT molecular complexity index is 416. The largest absolute Gasteiger partial charge is 0.478 e. The summed E-state index contributed by atoms with van der Waals surface area (Å²) in [5, 5.41) is 18.0. The number of aliphatic carboxylic acids is 2. The lowest BCUT2D eigenvalue weighted by Crippen LogP contribution is -2.61. The molecule has 15 heavy (non-hydrogen) atoms. The first-order valence-corrected chi connectivity index (χ1v) is 3.40. The van der Waals surface area contributed by atoms with Gasteiger partial charge in [0, 0.05) is 0 Å². The third-order valence-corrected chi connectivity index (χ3v) is 1.57. The van der Waals surface area contributed by atoms with E-state index < -0.39 is 35.3 Å². The van der Waals surface area contributed by atoms with Crippen molar-refractivity contribution in [2.24, 2.45) is 4.99 Å². The highest BCUT2D eigenvalue weighted by atomic mass is 19.1. The molecule has 1 unspecified atom stereocenters. The molecule has 1 aliphatic rings. The molecule has 1 heterocycles. The van der Waals surface area contributed by atoms with Gasteiger partial charge in [-0.3, -0.25) is 10.1 Å². The zero-order valence-electron chi connectivity index (χ0n) is 6.85. The van der Waals surface area contributed by atoms with E-state index >= 15 is 0 Å². The van der Waals surface area contributed by atoms with Gasteiger partial charge in [-0.05, 0) is 0 Å². The number of carbonyl (C=O) groups excluding carboxylic acids is 2. The fraction of sp³-hybridized carbons (Fsp3) is 0.167. The maximum atomic E-state index is 13.5. The summed E-state index contributed by atoms with van der Waals surface area (Å²) in [5.41, 5.74) is -5.51. The van der Waals surface area contributed by atoms with E-state index in [2.05, 4.69) is 4.99 Å². The number of carbonyl (C=O) groups is 4. The zero-order valence-corrected chi connectivity index (χ0v) is 6.85. The molecule has 0 saturated heterocycles. The predicted octanol–water partition coefficient (Wildman–Crippen LogP) is -1.45. The average molecular weight is 218 g/mol. The van der Waals surface area contributed by atoms with Crippen molar-refractivity contribution >= 4 is 29.6 Å². The molecule has 0 aromatic heterocycles. The first-order chi connectivity index (χ1) is 6.80. The van der Waals surface area contributed by atoms with E-state index in [9.17, 15) is 23.6 Å². The van der Waals surface area contributed by atoms with Crippen LogP contribution in [0.25, 0.3) is 0 Å². The second kappa shape index (κ2) is 3.12. The van der Waals surface area contributed by atoms with E-state index in [1.807, 2.05) is 0 Å². The number of aliphatic imine (C=N–C) groups is 1. The van der Waals surface area contributed by atoms with Crippen molar-refractivity contribution in [2.75, 3.05) is 0 Å². The number of nitrogens with zero attached hydrogens (tertiary/aromatic N) is 1. The molecule has 0 aliphatic carbocycles. The van der Waals surface area contributed by atoms with Crippen LogP contribution in [0.15, 0.2) is 4.99 Å². The van der Waals surface area contributed by atoms with Crippen molar-refractivity contribution < 1.29 is 33.8 Å². The van der Waals surface area contributed by atoms with E-state index in [0.717, 1.165) is 0 Å². The number of amides is 3. The van der Waals surface area contributed by atoms with Gasteiger partial charge in [0.05, 0.1) is 0 Å². The number of imide groups is 1. The molecule has 8 nitrogen and oxygen atoms in total. The van der Waals surface area contributed by atoms with Gasteiger partial charge in [-0.2, -0.15) is 4.99 Å². The zero-order chi connectivity index (χ0) is 11.8. The van der Waals surface area contributed by atoms with Gasteiger partial charge in [0.25, 0.3) is 5.91 Å². The molecule has 0 aromatic carbocycles. The third kappa shape index (κ3) is 1.43.